The van der Waals surface area contributed by atoms with E-state index >= 15 is 0 Å². The molecule has 0 saturated carbocycles. The molecule has 0 radical (unpaired) electrons. The molecule has 0 heterocycles. The molecule has 0 aliphatic heterocycles. The number of nitrogen functional groups attached to an aromatic ring is 1. The first-order valence-electron chi connectivity index (χ1n) is 2.84. The van der Waals surface area contributed by atoms with Crippen LogP contribution in [-0.2, 0) is 5.88 Å². The van der Waals surface area contributed by atoms with Crippen LogP contribution < -0.4 is 5.73 Å². The predicted octanol–water partition coefficient (Wildman–Crippen LogP) is 2.61. The van der Waals surface area contributed by atoms with Crippen molar-refractivity contribution < 1.29 is 0 Å². The molecule has 1 aromatic carbocycles. The third kappa shape index (κ3) is 1.76. The highest BCUT2D eigenvalue weighted by molar-refractivity contribution is 14.1. The molecule has 10 heavy (non-hydrogen) atoms. The zero-order chi connectivity index (χ0) is 7.56. The van der Waals surface area contributed by atoms with Crippen LogP contribution in [0.25, 0.3) is 0 Å². The lowest BCUT2D eigenvalue weighted by molar-refractivity contribution is 1.39. The number of alkyl halides is 1. The van der Waals surface area contributed by atoms with Crippen LogP contribution in [-0.4, -0.2) is 0 Å². The average molecular weight is 267 g/mol. The minimum Gasteiger partial charge on any atom is -0.398 e. The average Bonchev–Trinajstić information content (AvgIpc) is 1.95. The molecular formula is C7H7ClIN. The van der Waals surface area contributed by atoms with Crippen molar-refractivity contribution in [3.63, 3.8) is 0 Å². The van der Waals surface area contributed by atoms with Crippen molar-refractivity contribution in [1.29, 1.82) is 0 Å². The second-order valence-electron chi connectivity index (χ2n) is 1.99. The molecule has 0 aromatic heterocycles. The van der Waals surface area contributed by atoms with Gasteiger partial charge in [0.05, 0.1) is 0 Å². The highest BCUT2D eigenvalue weighted by Gasteiger charge is 1.94. The van der Waals surface area contributed by atoms with Gasteiger partial charge in [0.25, 0.3) is 0 Å². The van der Waals surface area contributed by atoms with E-state index in [4.69, 9.17) is 17.3 Å². The van der Waals surface area contributed by atoms with Crippen LogP contribution in [0.4, 0.5) is 5.69 Å². The molecule has 2 N–H and O–H groups in total. The molecular weight excluding hydrogens is 260 g/mol. The zero-order valence-electron chi connectivity index (χ0n) is 5.27. The van der Waals surface area contributed by atoms with Crippen molar-refractivity contribution in [2.75, 3.05) is 5.73 Å². The largest absolute Gasteiger partial charge is 0.398 e. The lowest BCUT2D eigenvalue weighted by Gasteiger charge is -1.99. The SMILES string of the molecule is Nc1cc(CCl)ccc1I. The fraction of sp³-hybridized carbons (Fsp3) is 0.143. The summed E-state index contributed by atoms with van der Waals surface area (Å²) >= 11 is 7.78. The number of halogens is 2. The molecule has 0 amide bonds. The third-order valence-corrected chi connectivity index (χ3v) is 2.51. The lowest BCUT2D eigenvalue weighted by Crippen LogP contribution is -1.90. The summed E-state index contributed by atoms with van der Waals surface area (Å²) in [6.07, 6.45) is 0. The van der Waals surface area contributed by atoms with Crippen LogP contribution in [0.1, 0.15) is 5.56 Å². The maximum absolute atomic E-state index is 5.63. The van der Waals surface area contributed by atoms with Gasteiger partial charge < -0.3 is 5.73 Å². The van der Waals surface area contributed by atoms with Crippen molar-refractivity contribution in [3.05, 3.63) is 27.3 Å². The van der Waals surface area contributed by atoms with Crippen LogP contribution in [0.3, 0.4) is 0 Å². The van der Waals surface area contributed by atoms with Gasteiger partial charge in [0.2, 0.25) is 0 Å². The molecule has 1 rings (SSSR count). The van der Waals surface area contributed by atoms with Crippen molar-refractivity contribution in [2.45, 2.75) is 5.88 Å². The van der Waals surface area contributed by atoms with Gasteiger partial charge in [-0.05, 0) is 40.3 Å². The molecule has 0 saturated heterocycles. The Labute approximate surface area is 78.7 Å². The van der Waals surface area contributed by atoms with E-state index in [0.29, 0.717) is 5.88 Å². The monoisotopic (exact) mass is 267 g/mol. The second kappa shape index (κ2) is 3.44. The van der Waals surface area contributed by atoms with Gasteiger partial charge in [-0.2, -0.15) is 0 Å². The number of benzene rings is 1. The number of hydrogen-bond acceptors (Lipinski definition) is 1. The van der Waals surface area contributed by atoms with Crippen LogP contribution in [0.5, 0.6) is 0 Å². The zero-order valence-corrected chi connectivity index (χ0v) is 8.19. The van der Waals surface area contributed by atoms with Gasteiger partial charge in [-0.3, -0.25) is 0 Å². The fourth-order valence-electron chi connectivity index (χ4n) is 0.676. The quantitative estimate of drug-likeness (QED) is 0.472. The molecule has 0 unspecified atom stereocenters. The van der Waals surface area contributed by atoms with Gasteiger partial charge in [0, 0.05) is 15.1 Å². The molecule has 0 fully saturated rings. The van der Waals surface area contributed by atoms with E-state index in [1.54, 1.807) is 0 Å². The Morgan fingerprint density at radius 3 is 2.70 bits per heavy atom. The van der Waals surface area contributed by atoms with Crippen LogP contribution in [0, 0.1) is 3.57 Å². The Morgan fingerprint density at radius 2 is 2.20 bits per heavy atom. The number of hydrogen-bond donors (Lipinski definition) is 1. The summed E-state index contributed by atoms with van der Waals surface area (Å²) in [5.41, 5.74) is 7.50. The molecule has 54 valence electrons. The highest BCUT2D eigenvalue weighted by atomic mass is 127. The van der Waals surface area contributed by atoms with Gasteiger partial charge in [0.15, 0.2) is 0 Å². The van der Waals surface area contributed by atoms with E-state index in [9.17, 15) is 0 Å². The first-order chi connectivity index (χ1) is 4.74. The Kier molecular flexibility index (Phi) is 2.80. The summed E-state index contributed by atoms with van der Waals surface area (Å²) in [6.45, 7) is 0. The van der Waals surface area contributed by atoms with Crippen LogP contribution >= 0.6 is 34.2 Å². The number of rotatable bonds is 1. The normalized spacial score (nSPS) is 9.80. The lowest BCUT2D eigenvalue weighted by atomic mass is 10.2. The van der Waals surface area contributed by atoms with E-state index in [2.05, 4.69) is 22.6 Å². The van der Waals surface area contributed by atoms with E-state index in [1.807, 2.05) is 18.2 Å². The molecule has 3 heteroatoms. The first kappa shape index (κ1) is 8.14. The summed E-state index contributed by atoms with van der Waals surface area (Å²) in [5, 5.41) is 0. The van der Waals surface area contributed by atoms with Gasteiger partial charge >= 0.3 is 0 Å². The molecule has 0 spiro atoms. The third-order valence-electron chi connectivity index (χ3n) is 1.21. The smallest absolute Gasteiger partial charge is 0.0474 e. The molecule has 0 aliphatic rings. The standard InChI is InChI=1S/C7H7ClIN/c8-4-5-1-2-6(9)7(10)3-5/h1-3H,4,10H2. The maximum atomic E-state index is 5.63. The Bertz CT molecular complexity index is 237. The van der Waals surface area contributed by atoms with Crippen molar-refractivity contribution in [3.8, 4) is 0 Å². The molecule has 1 aromatic rings. The summed E-state index contributed by atoms with van der Waals surface area (Å²) in [5.74, 6) is 0.529. The Balaban J connectivity index is 3.04. The van der Waals surface area contributed by atoms with Gasteiger partial charge in [0.1, 0.15) is 0 Å². The van der Waals surface area contributed by atoms with E-state index in [0.717, 1.165) is 14.8 Å². The van der Waals surface area contributed by atoms with Crippen LogP contribution in [0.2, 0.25) is 0 Å². The van der Waals surface area contributed by atoms with E-state index < -0.39 is 0 Å². The van der Waals surface area contributed by atoms with E-state index in [1.165, 1.54) is 0 Å². The highest BCUT2D eigenvalue weighted by Crippen LogP contribution is 2.16. The van der Waals surface area contributed by atoms with Crippen molar-refractivity contribution in [1.82, 2.24) is 0 Å². The molecule has 0 bridgehead atoms. The summed E-state index contributed by atoms with van der Waals surface area (Å²) in [7, 11) is 0. The minimum atomic E-state index is 0.529. The van der Waals surface area contributed by atoms with Gasteiger partial charge in [-0.25, -0.2) is 0 Å². The van der Waals surface area contributed by atoms with Crippen molar-refractivity contribution in [2.24, 2.45) is 0 Å². The predicted molar refractivity (Wildman–Crippen MR) is 53.1 cm³/mol. The summed E-state index contributed by atoms with van der Waals surface area (Å²) in [6, 6.07) is 5.84. The molecule has 0 aliphatic carbocycles. The number of nitrogens with two attached hydrogens (primary N) is 1. The maximum Gasteiger partial charge on any atom is 0.0474 e. The minimum absolute atomic E-state index is 0.529. The van der Waals surface area contributed by atoms with Crippen LogP contribution in [0.15, 0.2) is 18.2 Å². The van der Waals surface area contributed by atoms with E-state index in [-0.39, 0.29) is 0 Å². The Morgan fingerprint density at radius 1 is 1.50 bits per heavy atom. The summed E-state index contributed by atoms with van der Waals surface area (Å²) < 4.78 is 1.08. The Hall–Kier alpha value is 0.0400. The van der Waals surface area contributed by atoms with Crippen molar-refractivity contribution >= 4 is 39.9 Å². The fourth-order valence-corrected chi connectivity index (χ4v) is 1.18. The summed E-state index contributed by atoms with van der Waals surface area (Å²) in [4.78, 5) is 0. The topological polar surface area (TPSA) is 26.0 Å². The van der Waals surface area contributed by atoms with Gasteiger partial charge in [-0.15, -0.1) is 11.6 Å². The first-order valence-corrected chi connectivity index (χ1v) is 4.45. The molecule has 0 atom stereocenters. The second-order valence-corrected chi connectivity index (χ2v) is 3.42. The molecule has 1 nitrogen and oxygen atoms in total. The number of anilines is 1. The van der Waals surface area contributed by atoms with Gasteiger partial charge in [-0.1, -0.05) is 6.07 Å².